The number of carbonyl (C=O) groups is 8. The number of aliphatic hydroxyl groups is 2. The largest absolute Gasteiger partial charge is 0.514 e. The summed E-state index contributed by atoms with van der Waals surface area (Å²) in [6.07, 6.45) is -3.85. The molecule has 0 radical (unpaired) electrons. The third-order valence-electron chi connectivity index (χ3n) is 11.9. The number of likely N-dealkylation sites (N-methyl/N-ethyl adjacent to an activating group) is 1. The average Bonchev–Trinajstić information content (AvgIpc) is 3.36. The van der Waals surface area contributed by atoms with Crippen LogP contribution in [0.1, 0.15) is 116 Å². The number of alkyl carbamates (subject to hydrolysis) is 1. The van der Waals surface area contributed by atoms with Gasteiger partial charge in [-0.3, -0.25) is 24.0 Å². The summed E-state index contributed by atoms with van der Waals surface area (Å²) in [7, 11) is 1.33. The zero-order valence-corrected chi connectivity index (χ0v) is 47.7. The molecule has 4 aromatic rings. The van der Waals surface area contributed by atoms with E-state index >= 15 is 9.59 Å². The molecule has 432 valence electrons. The molecule has 6 amide bonds. The number of nitrogens with one attached hydrogen (secondary N) is 5. The van der Waals surface area contributed by atoms with Crippen molar-refractivity contribution >= 4 is 59.5 Å². The number of hydrogen-bond donors (Lipinski definition) is 7. The summed E-state index contributed by atoms with van der Waals surface area (Å²) in [5, 5.41) is 33.4. The van der Waals surface area contributed by atoms with E-state index in [2.05, 4.69) is 26.6 Å². The molecule has 0 saturated carbocycles. The van der Waals surface area contributed by atoms with Gasteiger partial charge in [0.2, 0.25) is 23.6 Å². The van der Waals surface area contributed by atoms with Gasteiger partial charge in [-0.2, -0.15) is 0 Å². The highest BCUT2D eigenvalue weighted by molar-refractivity contribution is 6.30. The number of hydrogen-bond acceptors (Lipinski definition) is 15. The fraction of sp³-hybridized carbons (Fsp3) is 0.448. The maximum Gasteiger partial charge on any atom is 0.514 e. The van der Waals surface area contributed by atoms with Crippen LogP contribution < -0.4 is 36.1 Å². The Balaban J connectivity index is 1.65. The molecule has 80 heavy (non-hydrogen) atoms. The summed E-state index contributed by atoms with van der Waals surface area (Å²) < 4.78 is 28.0. The van der Waals surface area contributed by atoms with Crippen LogP contribution in [0.5, 0.6) is 11.5 Å². The van der Waals surface area contributed by atoms with Crippen LogP contribution in [0.15, 0.2) is 84.9 Å². The first-order valence-electron chi connectivity index (χ1n) is 26.1. The Kier molecular flexibility index (Phi) is 21.6. The third-order valence-corrected chi connectivity index (χ3v) is 12.1. The number of amides is 6. The zero-order valence-electron chi connectivity index (χ0n) is 46.9. The molecule has 0 aliphatic carbocycles. The average molecular weight is 1130 g/mol. The number of benzene rings is 4. The number of halogens is 1. The van der Waals surface area contributed by atoms with E-state index < -0.39 is 102 Å². The van der Waals surface area contributed by atoms with Gasteiger partial charge < -0.3 is 65.4 Å². The second kappa shape index (κ2) is 27.4. The van der Waals surface area contributed by atoms with Gasteiger partial charge in [0.1, 0.15) is 52.5 Å². The molecule has 0 fully saturated rings. The van der Waals surface area contributed by atoms with Crippen molar-refractivity contribution in [1.82, 2.24) is 31.5 Å². The van der Waals surface area contributed by atoms with E-state index in [1.165, 1.54) is 50.4 Å². The molecule has 0 saturated heterocycles. The van der Waals surface area contributed by atoms with Crippen LogP contribution in [-0.2, 0) is 39.8 Å². The minimum Gasteiger partial charge on any atom is -0.444 e. The first kappa shape index (κ1) is 63.1. The normalized spacial score (nSPS) is 16.4. The van der Waals surface area contributed by atoms with Crippen molar-refractivity contribution in [2.45, 2.75) is 142 Å². The predicted molar refractivity (Wildman–Crippen MR) is 297 cm³/mol. The van der Waals surface area contributed by atoms with E-state index in [9.17, 15) is 39.0 Å². The van der Waals surface area contributed by atoms with Crippen LogP contribution in [0.25, 0.3) is 22.3 Å². The van der Waals surface area contributed by atoms with E-state index in [4.69, 9.17) is 35.3 Å². The smallest absolute Gasteiger partial charge is 0.444 e. The minimum absolute atomic E-state index is 0.00573. The monoisotopic (exact) mass is 1130 g/mol. The van der Waals surface area contributed by atoms with Gasteiger partial charge in [-0.1, -0.05) is 48.0 Å². The molecule has 1 aliphatic rings. The molecular formula is C58H73ClN6O15. The molecule has 22 heteroatoms. The van der Waals surface area contributed by atoms with E-state index in [-0.39, 0.29) is 66.1 Å². The van der Waals surface area contributed by atoms with Gasteiger partial charge in [0.25, 0.3) is 5.91 Å². The lowest BCUT2D eigenvalue weighted by Crippen LogP contribution is -2.56. The molecule has 0 spiro atoms. The summed E-state index contributed by atoms with van der Waals surface area (Å²) in [6.45, 7) is 15.4. The fourth-order valence-corrected chi connectivity index (χ4v) is 8.23. The van der Waals surface area contributed by atoms with Gasteiger partial charge in [0, 0.05) is 48.3 Å². The Morgan fingerprint density at radius 1 is 0.713 bits per heavy atom. The molecule has 4 aromatic carbocycles. The van der Waals surface area contributed by atoms with Crippen LogP contribution in [0.4, 0.5) is 14.4 Å². The summed E-state index contributed by atoms with van der Waals surface area (Å²) in [6, 6.07) is 16.7. The summed E-state index contributed by atoms with van der Waals surface area (Å²) >= 11 is 6.11. The van der Waals surface area contributed by atoms with Gasteiger partial charge in [0.05, 0.1) is 12.7 Å². The molecule has 21 nitrogen and oxygen atoms in total. The maximum atomic E-state index is 15.2. The van der Waals surface area contributed by atoms with E-state index in [0.29, 0.717) is 17.0 Å². The lowest BCUT2D eigenvalue weighted by atomic mass is 9.93. The first-order chi connectivity index (χ1) is 37.4. The first-order valence-corrected chi connectivity index (χ1v) is 26.4. The number of carbonyl (C=O) groups excluding carboxylic acids is 8. The SMILES string of the molecule is C[C@@H]1NC(=O)[C@@H](N(C)C(=O)[C@H](CCCCNC(=O)OC(C)(C)C)NC(=O)c2ccc(-c3ccc(Cl)cc3)cc2)c2ccc(OC(=O)OC(C)(C)C)c(c2)-c2cc(ccc2OC(=O)OC(C)(C)C)C[C@@H](C(=O)NCC(O)CO)NC1=O. The second-order valence-corrected chi connectivity index (χ2v) is 22.6. The van der Waals surface area contributed by atoms with E-state index in [1.54, 1.807) is 98.7 Å². The quantitative estimate of drug-likeness (QED) is 0.0251. The van der Waals surface area contributed by atoms with Crippen LogP contribution in [0, 0.1) is 0 Å². The molecule has 1 aliphatic heterocycles. The van der Waals surface area contributed by atoms with Crippen LogP contribution in [-0.4, -0.2) is 131 Å². The zero-order chi connectivity index (χ0) is 59.3. The van der Waals surface area contributed by atoms with Crippen molar-refractivity contribution in [3.05, 3.63) is 107 Å². The van der Waals surface area contributed by atoms with E-state index in [1.807, 2.05) is 12.1 Å². The van der Waals surface area contributed by atoms with Crippen molar-refractivity contribution in [3.8, 4) is 33.8 Å². The Labute approximate surface area is 470 Å². The Hall–Kier alpha value is -7.75. The third kappa shape index (κ3) is 19.3. The molecule has 4 bridgehead atoms. The number of rotatable bonds is 16. The van der Waals surface area contributed by atoms with Gasteiger partial charge >= 0.3 is 18.4 Å². The maximum absolute atomic E-state index is 15.2. The fourth-order valence-electron chi connectivity index (χ4n) is 8.11. The molecule has 5 rings (SSSR count). The highest BCUT2D eigenvalue weighted by Crippen LogP contribution is 2.41. The van der Waals surface area contributed by atoms with Gasteiger partial charge in [-0.25, -0.2) is 14.4 Å². The number of nitrogens with zero attached hydrogens (tertiary/aromatic N) is 1. The van der Waals surface area contributed by atoms with Gasteiger partial charge in [-0.05, 0) is 159 Å². The van der Waals surface area contributed by atoms with Crippen molar-refractivity contribution in [1.29, 1.82) is 0 Å². The number of aliphatic hydroxyl groups excluding tert-OH is 2. The number of unbranched alkanes of at least 4 members (excludes halogenated alkanes) is 1. The number of fused-ring (bicyclic) bond motifs is 5. The Morgan fingerprint density at radius 2 is 1.26 bits per heavy atom. The standard InChI is InChI=1S/C58H73ClN6O15/c1-33-48(68)64-44(50(70)61-31-40(67)32-66)29-34-15-25-45(76-54(74)79-57(5,6)7)41(28-34)42-30-38(22-26-46(42)77-55(75)80-58(8,9)10)47(51(71)62-33)65(11)52(72)43(14-12-13-27-60-53(73)78-56(2,3)4)63-49(69)37-18-16-35(17-19-37)36-20-23-39(59)24-21-36/h15-26,28,30,33,40,43-44,47,66-67H,12-14,27,29,31-32H2,1-11H3,(H,60,73)(H,61,70)(H,62,71)(H,63,69)(H,64,68)/t33-,40?,43-,44-,47-/m0/s1. The van der Waals surface area contributed by atoms with Crippen LogP contribution >= 0.6 is 11.6 Å². The molecule has 1 heterocycles. The summed E-state index contributed by atoms with van der Waals surface area (Å²) in [5.74, 6) is -4.23. The van der Waals surface area contributed by atoms with Gasteiger partial charge in [-0.15, -0.1) is 0 Å². The lowest BCUT2D eigenvalue weighted by Gasteiger charge is -2.33. The molecule has 1 unspecified atom stereocenters. The van der Waals surface area contributed by atoms with Crippen molar-refractivity contribution in [3.63, 3.8) is 0 Å². The van der Waals surface area contributed by atoms with Crippen LogP contribution in [0.3, 0.4) is 0 Å². The van der Waals surface area contributed by atoms with Crippen molar-refractivity contribution in [2.24, 2.45) is 0 Å². The Morgan fingerprint density at radius 3 is 1.82 bits per heavy atom. The van der Waals surface area contributed by atoms with Gasteiger partial charge in [0.15, 0.2) is 0 Å². The molecule has 5 atom stereocenters. The number of ether oxygens (including phenoxy) is 5. The Bertz CT molecular complexity index is 2880. The highest BCUT2D eigenvalue weighted by Gasteiger charge is 2.37. The second-order valence-electron chi connectivity index (χ2n) is 22.2. The summed E-state index contributed by atoms with van der Waals surface area (Å²) in [4.78, 5) is 113. The van der Waals surface area contributed by atoms with E-state index in [0.717, 1.165) is 16.0 Å². The van der Waals surface area contributed by atoms with Crippen LogP contribution in [0.2, 0.25) is 5.02 Å². The minimum atomic E-state index is -1.64. The summed E-state index contributed by atoms with van der Waals surface area (Å²) in [5.41, 5.74) is -0.454. The topological polar surface area (TPSA) is 287 Å². The molecule has 0 aromatic heterocycles. The highest BCUT2D eigenvalue weighted by atomic mass is 35.5. The molecular weight excluding hydrogens is 1060 g/mol. The van der Waals surface area contributed by atoms with Crippen molar-refractivity contribution < 1.29 is 72.3 Å². The lowest BCUT2D eigenvalue weighted by molar-refractivity contribution is -0.141. The molecule has 7 N–H and O–H groups in total. The predicted octanol–water partition coefficient (Wildman–Crippen LogP) is 7.31. The van der Waals surface area contributed by atoms with Crippen molar-refractivity contribution in [2.75, 3.05) is 26.7 Å².